The molecule has 9 heteroatoms. The number of nitrogens with one attached hydrogen (secondary N) is 1. The van der Waals surface area contributed by atoms with Gasteiger partial charge in [-0.3, -0.25) is 10.1 Å². The quantitative estimate of drug-likeness (QED) is 0.836. The van der Waals surface area contributed by atoms with E-state index < -0.39 is 0 Å². The molecule has 0 bridgehead atoms. The van der Waals surface area contributed by atoms with E-state index in [9.17, 15) is 4.79 Å². The number of hydrogen-bond acceptors (Lipinski definition) is 7. The van der Waals surface area contributed by atoms with Crippen LogP contribution in [0.15, 0.2) is 3.92 Å². The fourth-order valence-corrected chi connectivity index (χ4v) is 4.51. The predicted octanol–water partition coefficient (Wildman–Crippen LogP) is 3.98. The number of carbonyl (C=O) groups is 1. The third-order valence-corrected chi connectivity index (χ3v) is 5.97. The molecule has 0 saturated carbocycles. The lowest BCUT2D eigenvalue weighted by molar-refractivity contribution is 0.102. The lowest BCUT2D eigenvalue weighted by Crippen LogP contribution is -2.14. The normalized spacial score (nSPS) is 18.1. The van der Waals surface area contributed by atoms with Crippen LogP contribution in [-0.4, -0.2) is 27.7 Å². The summed E-state index contributed by atoms with van der Waals surface area (Å²) in [6.45, 7) is 4.84. The average Bonchev–Trinajstić information content (AvgIpc) is 3.16. The number of aromatic nitrogens is 3. The highest BCUT2D eigenvalue weighted by atomic mass is 79.9. The van der Waals surface area contributed by atoms with E-state index in [4.69, 9.17) is 4.74 Å². The zero-order chi connectivity index (χ0) is 15.7. The van der Waals surface area contributed by atoms with Crippen LogP contribution in [0, 0.1) is 0 Å². The molecular formula is C13H15BrN4O2S2. The summed E-state index contributed by atoms with van der Waals surface area (Å²) in [7, 11) is 0. The van der Waals surface area contributed by atoms with Gasteiger partial charge in [-0.25, -0.2) is 4.98 Å². The van der Waals surface area contributed by atoms with Crippen LogP contribution in [-0.2, 0) is 4.74 Å². The smallest absolute Gasteiger partial charge is 0.277 e. The van der Waals surface area contributed by atoms with Crippen LogP contribution in [0.2, 0.25) is 0 Å². The number of ether oxygens (including phenoxy) is 1. The van der Waals surface area contributed by atoms with Crippen LogP contribution in [0.3, 0.4) is 0 Å². The number of hydrogen-bond donors (Lipinski definition) is 1. The van der Waals surface area contributed by atoms with Crippen molar-refractivity contribution < 1.29 is 9.53 Å². The number of amides is 1. The first kappa shape index (κ1) is 16.0. The van der Waals surface area contributed by atoms with E-state index in [-0.39, 0.29) is 17.9 Å². The van der Waals surface area contributed by atoms with Crippen LogP contribution in [0.5, 0.6) is 0 Å². The predicted molar refractivity (Wildman–Crippen MR) is 89.7 cm³/mol. The molecule has 0 aromatic carbocycles. The minimum atomic E-state index is -0.249. The summed E-state index contributed by atoms with van der Waals surface area (Å²) in [6.07, 6.45) is 2.01. The second-order valence-electron chi connectivity index (χ2n) is 5.24. The topological polar surface area (TPSA) is 77.0 Å². The van der Waals surface area contributed by atoms with Gasteiger partial charge >= 0.3 is 0 Å². The molecular weight excluding hydrogens is 388 g/mol. The Balaban J connectivity index is 1.74. The molecule has 1 N–H and O–H groups in total. The molecule has 6 nitrogen and oxygen atoms in total. The Morgan fingerprint density at radius 2 is 2.23 bits per heavy atom. The molecule has 2 aromatic heterocycles. The molecule has 1 aliphatic rings. The van der Waals surface area contributed by atoms with Crippen molar-refractivity contribution in [3.63, 3.8) is 0 Å². The second kappa shape index (κ2) is 6.69. The molecule has 118 valence electrons. The molecule has 1 saturated heterocycles. The first-order chi connectivity index (χ1) is 10.5. The number of nitrogens with zero attached hydrogens (tertiary/aromatic N) is 3. The zero-order valence-corrected chi connectivity index (χ0v) is 15.3. The highest BCUT2D eigenvalue weighted by Gasteiger charge is 2.24. The van der Waals surface area contributed by atoms with Crippen LogP contribution < -0.4 is 5.32 Å². The zero-order valence-electron chi connectivity index (χ0n) is 12.1. The Labute approximate surface area is 144 Å². The fourth-order valence-electron chi connectivity index (χ4n) is 2.20. The van der Waals surface area contributed by atoms with Crippen LogP contribution in [0.25, 0.3) is 0 Å². The van der Waals surface area contributed by atoms with Gasteiger partial charge in [0.25, 0.3) is 5.91 Å². The summed E-state index contributed by atoms with van der Waals surface area (Å²) in [6, 6.07) is 0. The molecule has 3 heterocycles. The van der Waals surface area contributed by atoms with Gasteiger partial charge in [0.2, 0.25) is 5.13 Å². The van der Waals surface area contributed by atoms with Gasteiger partial charge in [-0.2, -0.15) is 0 Å². The van der Waals surface area contributed by atoms with Crippen molar-refractivity contribution in [1.82, 2.24) is 15.2 Å². The second-order valence-corrected chi connectivity index (χ2v) is 8.55. The van der Waals surface area contributed by atoms with E-state index in [2.05, 4.69) is 36.4 Å². The molecule has 1 aliphatic heterocycles. The van der Waals surface area contributed by atoms with Crippen molar-refractivity contribution in [2.24, 2.45) is 0 Å². The molecule has 0 radical (unpaired) electrons. The van der Waals surface area contributed by atoms with Gasteiger partial charge in [-0.1, -0.05) is 25.2 Å². The SMILES string of the molecule is CC(C)c1sc(Br)nc1C(=O)Nc1nnc(C2CCCO2)s1. The number of thiazole rings is 1. The van der Waals surface area contributed by atoms with E-state index in [0.717, 1.165) is 29.3 Å². The molecule has 1 fully saturated rings. The molecule has 0 spiro atoms. The lowest BCUT2D eigenvalue weighted by atomic mass is 10.1. The summed E-state index contributed by atoms with van der Waals surface area (Å²) in [5.74, 6) is -0.0119. The van der Waals surface area contributed by atoms with E-state index in [1.807, 2.05) is 13.8 Å². The van der Waals surface area contributed by atoms with Crippen molar-refractivity contribution in [3.05, 3.63) is 19.5 Å². The Hall–Kier alpha value is -0.900. The highest BCUT2D eigenvalue weighted by molar-refractivity contribution is 9.11. The first-order valence-electron chi connectivity index (χ1n) is 6.97. The molecule has 1 unspecified atom stereocenters. The van der Waals surface area contributed by atoms with Crippen molar-refractivity contribution >= 4 is 49.6 Å². The van der Waals surface area contributed by atoms with Crippen molar-refractivity contribution in [1.29, 1.82) is 0 Å². The van der Waals surface area contributed by atoms with Crippen LogP contribution >= 0.6 is 38.6 Å². The Kier molecular flexibility index (Phi) is 4.86. The van der Waals surface area contributed by atoms with Crippen molar-refractivity contribution in [2.75, 3.05) is 11.9 Å². The van der Waals surface area contributed by atoms with Gasteiger partial charge in [-0.15, -0.1) is 21.5 Å². The number of anilines is 1. The van der Waals surface area contributed by atoms with E-state index >= 15 is 0 Å². The standard InChI is InChI=1S/C13H15BrN4O2S2/c1-6(2)9-8(15-12(14)21-9)10(19)16-13-18-17-11(22-13)7-4-3-5-20-7/h6-7H,3-5H2,1-2H3,(H,16,18,19). The third kappa shape index (κ3) is 3.37. The minimum absolute atomic E-state index is 0.0165. The molecule has 1 atom stereocenters. The maximum atomic E-state index is 12.4. The lowest BCUT2D eigenvalue weighted by Gasteiger charge is -2.04. The first-order valence-corrected chi connectivity index (χ1v) is 9.39. The van der Waals surface area contributed by atoms with E-state index in [1.165, 1.54) is 22.7 Å². The Morgan fingerprint density at radius 3 is 2.91 bits per heavy atom. The summed E-state index contributed by atoms with van der Waals surface area (Å²) in [5.41, 5.74) is 0.445. The van der Waals surface area contributed by atoms with Crippen LogP contribution in [0.4, 0.5) is 5.13 Å². The Bertz CT molecular complexity index is 679. The van der Waals surface area contributed by atoms with Gasteiger partial charge < -0.3 is 4.74 Å². The van der Waals surface area contributed by atoms with Crippen LogP contribution in [0.1, 0.15) is 59.1 Å². The highest BCUT2D eigenvalue weighted by Crippen LogP contribution is 2.33. The molecule has 2 aromatic rings. The van der Waals surface area contributed by atoms with Gasteiger partial charge in [-0.05, 0) is 34.7 Å². The van der Waals surface area contributed by atoms with Gasteiger partial charge in [0, 0.05) is 11.5 Å². The maximum absolute atomic E-state index is 12.4. The number of carbonyl (C=O) groups excluding carboxylic acids is 1. The summed E-state index contributed by atoms with van der Waals surface area (Å²) >= 11 is 6.18. The third-order valence-electron chi connectivity index (χ3n) is 3.23. The van der Waals surface area contributed by atoms with Crippen molar-refractivity contribution in [3.8, 4) is 0 Å². The van der Waals surface area contributed by atoms with Gasteiger partial charge in [0.1, 0.15) is 16.8 Å². The van der Waals surface area contributed by atoms with E-state index in [1.54, 1.807) is 0 Å². The molecule has 22 heavy (non-hydrogen) atoms. The van der Waals surface area contributed by atoms with Gasteiger partial charge in [0.15, 0.2) is 3.92 Å². The summed E-state index contributed by atoms with van der Waals surface area (Å²) < 4.78 is 6.28. The average molecular weight is 403 g/mol. The largest absolute Gasteiger partial charge is 0.371 e. The Morgan fingerprint density at radius 1 is 1.41 bits per heavy atom. The summed E-state index contributed by atoms with van der Waals surface area (Å²) in [5, 5.41) is 12.2. The fraction of sp³-hybridized carbons (Fsp3) is 0.538. The van der Waals surface area contributed by atoms with Crippen molar-refractivity contribution in [2.45, 2.75) is 38.7 Å². The molecule has 1 amide bonds. The molecule has 3 rings (SSSR count). The number of rotatable bonds is 4. The molecule has 0 aliphatic carbocycles. The summed E-state index contributed by atoms with van der Waals surface area (Å²) in [4.78, 5) is 17.6. The van der Waals surface area contributed by atoms with E-state index in [0.29, 0.717) is 14.7 Å². The van der Waals surface area contributed by atoms with Gasteiger partial charge in [0.05, 0.1) is 0 Å². The minimum Gasteiger partial charge on any atom is -0.371 e. The monoisotopic (exact) mass is 402 g/mol. The maximum Gasteiger partial charge on any atom is 0.277 e. The number of halogens is 1.